The van der Waals surface area contributed by atoms with Gasteiger partial charge in [0, 0.05) is 50.7 Å². The van der Waals surface area contributed by atoms with Crippen molar-refractivity contribution in [1.82, 2.24) is 9.88 Å². The second-order valence-electron chi connectivity index (χ2n) is 6.11. The summed E-state index contributed by atoms with van der Waals surface area (Å²) in [5, 5.41) is 0.712. The van der Waals surface area contributed by atoms with Crippen molar-refractivity contribution in [3.8, 4) is 0 Å². The number of nitrogen functional groups attached to an aromatic ring is 1. The second kappa shape index (κ2) is 7.15. The van der Waals surface area contributed by atoms with Gasteiger partial charge in [0.1, 0.15) is 0 Å². The van der Waals surface area contributed by atoms with Crippen LogP contribution < -0.4 is 10.6 Å². The fourth-order valence-electron chi connectivity index (χ4n) is 2.86. The van der Waals surface area contributed by atoms with Crippen molar-refractivity contribution in [2.24, 2.45) is 0 Å². The minimum Gasteiger partial charge on any atom is -0.378 e. The topological polar surface area (TPSA) is 45.4 Å². The largest absolute Gasteiger partial charge is 0.378 e. The van der Waals surface area contributed by atoms with Gasteiger partial charge < -0.3 is 10.6 Å². The van der Waals surface area contributed by atoms with Gasteiger partial charge in [-0.2, -0.15) is 0 Å². The fourth-order valence-corrected chi connectivity index (χ4v) is 3.72. The van der Waals surface area contributed by atoms with Crippen molar-refractivity contribution in [2.45, 2.75) is 12.8 Å². The first-order valence-electron chi connectivity index (χ1n) is 8.02. The van der Waals surface area contributed by atoms with Gasteiger partial charge in [-0.25, -0.2) is 4.98 Å². The molecule has 1 aliphatic heterocycles. The highest BCUT2D eigenvalue weighted by molar-refractivity contribution is 7.15. The smallest absolute Gasteiger partial charge is 0.180 e. The summed E-state index contributed by atoms with van der Waals surface area (Å²) in [5.41, 5.74) is 9.49. The highest BCUT2D eigenvalue weighted by atomic mass is 32.1. The maximum Gasteiger partial charge on any atom is 0.180 e. The van der Waals surface area contributed by atoms with Crippen molar-refractivity contribution in [3.05, 3.63) is 46.5 Å². The molecule has 23 heavy (non-hydrogen) atoms. The van der Waals surface area contributed by atoms with E-state index in [1.165, 1.54) is 21.8 Å². The average molecular weight is 328 g/mol. The summed E-state index contributed by atoms with van der Waals surface area (Å²) in [4.78, 5) is 10.4. The lowest BCUT2D eigenvalue weighted by molar-refractivity contribution is 0.318. The average Bonchev–Trinajstić information content (AvgIpc) is 2.79. The van der Waals surface area contributed by atoms with Crippen LogP contribution in [-0.4, -0.2) is 43.6 Å². The van der Waals surface area contributed by atoms with Gasteiger partial charge in [-0.1, -0.05) is 24.3 Å². The zero-order valence-electron chi connectivity index (χ0n) is 13.8. The van der Waals surface area contributed by atoms with E-state index in [0.29, 0.717) is 5.13 Å². The minimum absolute atomic E-state index is 0.712. The van der Waals surface area contributed by atoms with Gasteiger partial charge in [0.15, 0.2) is 5.13 Å². The van der Waals surface area contributed by atoms with Gasteiger partial charge >= 0.3 is 0 Å². The van der Waals surface area contributed by atoms with Crippen molar-refractivity contribution in [1.29, 1.82) is 0 Å². The molecule has 5 heteroatoms. The number of hydrogen-bond donors (Lipinski definition) is 1. The van der Waals surface area contributed by atoms with Gasteiger partial charge in [-0.3, -0.25) is 4.90 Å². The summed E-state index contributed by atoms with van der Waals surface area (Å²) in [6.45, 7) is 3.12. The van der Waals surface area contributed by atoms with Crippen LogP contribution in [0.25, 0.3) is 6.08 Å². The third-order valence-corrected chi connectivity index (χ3v) is 5.16. The molecule has 1 aliphatic rings. The summed E-state index contributed by atoms with van der Waals surface area (Å²) in [7, 11) is 4.14. The van der Waals surface area contributed by atoms with Gasteiger partial charge in [-0.15, -0.1) is 11.3 Å². The third-order valence-electron chi connectivity index (χ3n) is 4.18. The van der Waals surface area contributed by atoms with Gasteiger partial charge in [0.25, 0.3) is 0 Å². The first-order chi connectivity index (χ1) is 11.1. The maximum atomic E-state index is 5.80. The third kappa shape index (κ3) is 4.12. The molecule has 2 N–H and O–H groups in total. The van der Waals surface area contributed by atoms with Crippen LogP contribution in [0.3, 0.4) is 0 Å². The predicted molar refractivity (Wildman–Crippen MR) is 100 cm³/mol. The van der Waals surface area contributed by atoms with E-state index in [1.54, 1.807) is 11.3 Å². The molecule has 0 spiro atoms. The Kier molecular flexibility index (Phi) is 4.98. The van der Waals surface area contributed by atoms with Crippen molar-refractivity contribution in [3.63, 3.8) is 0 Å². The molecule has 122 valence electrons. The zero-order chi connectivity index (χ0) is 16.2. The Morgan fingerprint density at radius 3 is 2.96 bits per heavy atom. The van der Waals surface area contributed by atoms with E-state index in [2.05, 4.69) is 65.3 Å². The Balaban J connectivity index is 1.56. The molecule has 0 saturated heterocycles. The molecule has 0 radical (unpaired) electrons. The SMILES string of the molecule is CN(C)c1cccc(C=CCN2CCc3nc(N)sc3CC2)c1. The van der Waals surface area contributed by atoms with E-state index in [-0.39, 0.29) is 0 Å². The Morgan fingerprint density at radius 1 is 1.30 bits per heavy atom. The molecule has 0 unspecified atom stereocenters. The van der Waals surface area contributed by atoms with Crippen LogP contribution in [0.15, 0.2) is 30.3 Å². The van der Waals surface area contributed by atoms with Crippen LogP contribution in [-0.2, 0) is 12.8 Å². The molecule has 0 aliphatic carbocycles. The molecule has 1 aromatic carbocycles. The minimum atomic E-state index is 0.712. The summed E-state index contributed by atoms with van der Waals surface area (Å²) in [6, 6.07) is 8.59. The molecule has 3 rings (SSSR count). The van der Waals surface area contributed by atoms with Crippen LogP contribution in [0.2, 0.25) is 0 Å². The van der Waals surface area contributed by atoms with E-state index in [4.69, 9.17) is 5.73 Å². The molecular formula is C18H24N4S. The fraction of sp³-hybridized carbons (Fsp3) is 0.389. The van der Waals surface area contributed by atoms with Gasteiger partial charge in [0.05, 0.1) is 5.69 Å². The second-order valence-corrected chi connectivity index (χ2v) is 7.23. The molecule has 0 bridgehead atoms. The number of hydrogen-bond acceptors (Lipinski definition) is 5. The van der Waals surface area contributed by atoms with Crippen LogP contribution in [0, 0.1) is 0 Å². The zero-order valence-corrected chi connectivity index (χ0v) is 14.6. The van der Waals surface area contributed by atoms with Gasteiger partial charge in [0.2, 0.25) is 0 Å². The number of rotatable bonds is 4. The lowest BCUT2D eigenvalue weighted by atomic mass is 10.2. The van der Waals surface area contributed by atoms with E-state index in [1.807, 2.05) is 0 Å². The Bertz CT molecular complexity index is 665. The maximum absolute atomic E-state index is 5.80. The molecule has 0 fully saturated rings. The first kappa shape index (κ1) is 16.0. The number of benzene rings is 1. The van der Waals surface area contributed by atoms with Crippen LogP contribution in [0.4, 0.5) is 10.8 Å². The number of aromatic nitrogens is 1. The molecule has 4 nitrogen and oxygen atoms in total. The van der Waals surface area contributed by atoms with Crippen molar-refractivity contribution >= 4 is 28.2 Å². The molecule has 0 amide bonds. The number of nitrogens with zero attached hydrogens (tertiary/aromatic N) is 3. The predicted octanol–water partition coefficient (Wildman–Crippen LogP) is 2.91. The van der Waals surface area contributed by atoms with Gasteiger partial charge in [-0.05, 0) is 24.1 Å². The van der Waals surface area contributed by atoms with Crippen molar-refractivity contribution in [2.75, 3.05) is 44.4 Å². The molecule has 0 atom stereocenters. The monoisotopic (exact) mass is 328 g/mol. The summed E-state index contributed by atoms with van der Waals surface area (Å²) >= 11 is 1.65. The molecular weight excluding hydrogens is 304 g/mol. The normalized spacial score (nSPS) is 15.6. The first-order valence-corrected chi connectivity index (χ1v) is 8.84. The van der Waals surface area contributed by atoms with Crippen LogP contribution in [0.1, 0.15) is 16.1 Å². The number of anilines is 2. The Morgan fingerprint density at radius 2 is 2.13 bits per heavy atom. The summed E-state index contributed by atoms with van der Waals surface area (Å²) in [6.07, 6.45) is 6.54. The quantitative estimate of drug-likeness (QED) is 0.937. The highest BCUT2D eigenvalue weighted by Crippen LogP contribution is 2.24. The number of fused-ring (bicyclic) bond motifs is 1. The van der Waals surface area contributed by atoms with Crippen LogP contribution in [0.5, 0.6) is 0 Å². The van der Waals surface area contributed by atoms with E-state index >= 15 is 0 Å². The summed E-state index contributed by atoms with van der Waals surface area (Å²) in [5.74, 6) is 0. The molecule has 1 aromatic heterocycles. The highest BCUT2D eigenvalue weighted by Gasteiger charge is 2.16. The number of nitrogens with two attached hydrogens (primary N) is 1. The van der Waals surface area contributed by atoms with E-state index in [0.717, 1.165) is 32.5 Å². The van der Waals surface area contributed by atoms with Crippen molar-refractivity contribution < 1.29 is 0 Å². The Hall–Kier alpha value is -1.85. The summed E-state index contributed by atoms with van der Waals surface area (Å²) < 4.78 is 0. The van der Waals surface area contributed by atoms with Crippen LogP contribution >= 0.6 is 11.3 Å². The molecule has 2 aromatic rings. The molecule has 0 saturated carbocycles. The number of thiazole rings is 1. The molecule has 2 heterocycles. The standard InChI is InChI=1S/C18H24N4S/c1-21(2)15-7-3-5-14(13-15)6-4-10-22-11-8-16-17(9-12-22)23-18(19)20-16/h3-7,13H,8-12H2,1-2H3,(H2,19,20). The Labute approximate surface area is 142 Å². The lowest BCUT2D eigenvalue weighted by Crippen LogP contribution is -2.26. The lowest BCUT2D eigenvalue weighted by Gasteiger charge is -2.17. The van der Waals surface area contributed by atoms with E-state index < -0.39 is 0 Å². The van der Waals surface area contributed by atoms with E-state index in [9.17, 15) is 0 Å².